The molecule has 1 N–H and O–H groups in total. The first-order chi connectivity index (χ1) is 9.97. The van der Waals surface area contributed by atoms with Crippen LogP contribution in [0.15, 0.2) is 22.7 Å². The van der Waals surface area contributed by atoms with Crippen LogP contribution < -0.4 is 5.32 Å². The van der Waals surface area contributed by atoms with Crippen LogP contribution in [-0.4, -0.2) is 29.6 Å². The molecule has 118 valence electrons. The van der Waals surface area contributed by atoms with Crippen molar-refractivity contribution in [3.63, 3.8) is 0 Å². The third kappa shape index (κ3) is 4.27. The highest BCUT2D eigenvalue weighted by Gasteiger charge is 2.34. The second-order valence-corrected chi connectivity index (χ2v) is 7.29. The summed E-state index contributed by atoms with van der Waals surface area (Å²) in [6.07, 6.45) is 3.40. The van der Waals surface area contributed by atoms with Crippen molar-refractivity contribution >= 4 is 15.9 Å². The van der Waals surface area contributed by atoms with E-state index in [1.807, 2.05) is 6.07 Å². The molecule has 2 rings (SSSR count). The molecule has 1 aliphatic heterocycles. The number of hydrogen-bond donors (Lipinski definition) is 1. The Morgan fingerprint density at radius 1 is 1.43 bits per heavy atom. The molecule has 21 heavy (non-hydrogen) atoms. The zero-order valence-electron chi connectivity index (χ0n) is 13.3. The Balaban J connectivity index is 2.17. The number of halogens is 2. The average molecular weight is 357 g/mol. The van der Waals surface area contributed by atoms with E-state index < -0.39 is 0 Å². The van der Waals surface area contributed by atoms with Crippen LogP contribution in [0.4, 0.5) is 4.39 Å². The van der Waals surface area contributed by atoms with E-state index in [0.29, 0.717) is 12.6 Å². The molecule has 2 atom stereocenters. The molecule has 1 heterocycles. The fraction of sp³-hybridized carbons (Fsp3) is 0.647. The predicted octanol–water partition coefficient (Wildman–Crippen LogP) is 4.33. The van der Waals surface area contributed by atoms with Gasteiger partial charge in [-0.2, -0.15) is 0 Å². The molecule has 0 spiro atoms. The molecule has 0 radical (unpaired) electrons. The summed E-state index contributed by atoms with van der Waals surface area (Å²) < 4.78 is 15.0. The fourth-order valence-electron chi connectivity index (χ4n) is 3.05. The number of benzene rings is 1. The molecule has 0 saturated carbocycles. The summed E-state index contributed by atoms with van der Waals surface area (Å²) in [6.45, 7) is 9.34. The molecular weight excluding hydrogens is 331 g/mol. The van der Waals surface area contributed by atoms with E-state index in [2.05, 4.69) is 46.9 Å². The lowest BCUT2D eigenvalue weighted by Crippen LogP contribution is -2.62. The summed E-state index contributed by atoms with van der Waals surface area (Å²) >= 11 is 3.45. The summed E-state index contributed by atoms with van der Waals surface area (Å²) in [7, 11) is 0. The first-order valence-corrected chi connectivity index (χ1v) is 8.69. The van der Waals surface area contributed by atoms with Gasteiger partial charge < -0.3 is 5.32 Å². The Hall–Kier alpha value is -0.450. The van der Waals surface area contributed by atoms with Gasteiger partial charge in [0.25, 0.3) is 0 Å². The second kappa shape index (κ2) is 7.21. The van der Waals surface area contributed by atoms with Crippen molar-refractivity contribution in [3.05, 3.63) is 34.1 Å². The third-order valence-corrected chi connectivity index (χ3v) is 5.11. The van der Waals surface area contributed by atoms with Crippen molar-refractivity contribution in [1.29, 1.82) is 0 Å². The molecule has 0 amide bonds. The van der Waals surface area contributed by atoms with Gasteiger partial charge in [0.1, 0.15) is 5.82 Å². The number of rotatable bonds is 5. The highest BCUT2D eigenvalue weighted by molar-refractivity contribution is 9.10. The van der Waals surface area contributed by atoms with Gasteiger partial charge in [0.2, 0.25) is 0 Å². The summed E-state index contributed by atoms with van der Waals surface area (Å²) in [6, 6.07) is 5.71. The molecule has 1 saturated heterocycles. The van der Waals surface area contributed by atoms with E-state index in [4.69, 9.17) is 0 Å². The first-order valence-electron chi connectivity index (χ1n) is 7.90. The Kier molecular flexibility index (Phi) is 5.81. The minimum absolute atomic E-state index is 0.106. The van der Waals surface area contributed by atoms with Gasteiger partial charge in [-0.1, -0.05) is 36.2 Å². The maximum atomic E-state index is 14.0. The molecule has 1 aromatic rings. The monoisotopic (exact) mass is 356 g/mol. The van der Waals surface area contributed by atoms with Crippen LogP contribution in [0.3, 0.4) is 0 Å². The van der Waals surface area contributed by atoms with Crippen molar-refractivity contribution in [1.82, 2.24) is 10.2 Å². The molecular formula is C17H26BrFN2. The number of nitrogens with zero attached hydrogens (tertiary/aromatic N) is 1. The van der Waals surface area contributed by atoms with Crippen LogP contribution in [0.25, 0.3) is 0 Å². The normalized spacial score (nSPS) is 27.0. The predicted molar refractivity (Wildman–Crippen MR) is 89.9 cm³/mol. The summed E-state index contributed by atoms with van der Waals surface area (Å²) in [5, 5.41) is 3.68. The summed E-state index contributed by atoms with van der Waals surface area (Å²) in [4.78, 5) is 2.45. The van der Waals surface area contributed by atoms with E-state index in [-0.39, 0.29) is 11.4 Å². The average Bonchev–Trinajstić information content (AvgIpc) is 2.46. The van der Waals surface area contributed by atoms with E-state index in [0.717, 1.165) is 42.4 Å². The Bertz CT molecular complexity index is 480. The van der Waals surface area contributed by atoms with Crippen LogP contribution in [0.1, 0.15) is 45.6 Å². The number of piperazine rings is 1. The standard InChI is InChI=1S/C17H26BrFN2/c1-4-6-15-10-20-17(3,5-2)12-21(15)11-13-9-14(18)7-8-16(13)19/h7-9,15,20H,4-6,10-12H2,1-3H3. The van der Waals surface area contributed by atoms with Gasteiger partial charge in [0, 0.05) is 41.3 Å². The Labute approximate surface area is 136 Å². The molecule has 0 aromatic heterocycles. The van der Waals surface area contributed by atoms with Crippen molar-refractivity contribution in [2.45, 2.75) is 58.2 Å². The minimum Gasteiger partial charge on any atom is -0.309 e. The number of hydrogen-bond acceptors (Lipinski definition) is 2. The van der Waals surface area contributed by atoms with Crippen molar-refractivity contribution in [2.24, 2.45) is 0 Å². The largest absolute Gasteiger partial charge is 0.309 e. The number of nitrogens with one attached hydrogen (secondary N) is 1. The molecule has 0 aliphatic carbocycles. The second-order valence-electron chi connectivity index (χ2n) is 6.38. The minimum atomic E-state index is -0.106. The highest BCUT2D eigenvalue weighted by Crippen LogP contribution is 2.25. The quantitative estimate of drug-likeness (QED) is 0.844. The lowest BCUT2D eigenvalue weighted by molar-refractivity contribution is 0.0716. The van der Waals surface area contributed by atoms with E-state index in [9.17, 15) is 4.39 Å². The van der Waals surface area contributed by atoms with Crippen molar-refractivity contribution in [3.8, 4) is 0 Å². The van der Waals surface area contributed by atoms with Gasteiger partial charge in [0.05, 0.1) is 0 Å². The van der Waals surface area contributed by atoms with Gasteiger partial charge in [-0.05, 0) is 38.0 Å². The summed E-state index contributed by atoms with van der Waals surface area (Å²) in [5.41, 5.74) is 0.915. The Morgan fingerprint density at radius 2 is 2.19 bits per heavy atom. The van der Waals surface area contributed by atoms with Gasteiger partial charge in [-0.25, -0.2) is 4.39 Å². The topological polar surface area (TPSA) is 15.3 Å². The maximum absolute atomic E-state index is 14.0. The Morgan fingerprint density at radius 3 is 2.86 bits per heavy atom. The van der Waals surface area contributed by atoms with Crippen LogP contribution in [0.5, 0.6) is 0 Å². The van der Waals surface area contributed by atoms with E-state index >= 15 is 0 Å². The lowest BCUT2D eigenvalue weighted by Gasteiger charge is -2.46. The van der Waals surface area contributed by atoms with Crippen LogP contribution >= 0.6 is 15.9 Å². The molecule has 2 nitrogen and oxygen atoms in total. The zero-order valence-corrected chi connectivity index (χ0v) is 14.8. The van der Waals surface area contributed by atoms with Crippen LogP contribution in [0.2, 0.25) is 0 Å². The van der Waals surface area contributed by atoms with Crippen molar-refractivity contribution < 1.29 is 4.39 Å². The molecule has 0 bridgehead atoms. The van der Waals surface area contributed by atoms with Gasteiger partial charge >= 0.3 is 0 Å². The van der Waals surface area contributed by atoms with Crippen LogP contribution in [0, 0.1) is 5.82 Å². The molecule has 4 heteroatoms. The molecule has 1 aromatic carbocycles. The smallest absolute Gasteiger partial charge is 0.127 e. The van der Waals surface area contributed by atoms with Gasteiger partial charge in [-0.15, -0.1) is 0 Å². The zero-order chi connectivity index (χ0) is 15.5. The lowest BCUT2D eigenvalue weighted by atomic mass is 9.92. The molecule has 2 unspecified atom stereocenters. The maximum Gasteiger partial charge on any atom is 0.127 e. The third-order valence-electron chi connectivity index (χ3n) is 4.62. The fourth-order valence-corrected chi connectivity index (χ4v) is 3.46. The van der Waals surface area contributed by atoms with Gasteiger partial charge in [-0.3, -0.25) is 4.90 Å². The first kappa shape index (κ1) is 16.9. The highest BCUT2D eigenvalue weighted by atomic mass is 79.9. The van der Waals surface area contributed by atoms with Gasteiger partial charge in [0.15, 0.2) is 0 Å². The SMILES string of the molecule is CCCC1CNC(C)(CC)CN1Cc1cc(Br)ccc1F. The van der Waals surface area contributed by atoms with Crippen molar-refractivity contribution in [2.75, 3.05) is 13.1 Å². The van der Waals surface area contributed by atoms with E-state index in [1.165, 1.54) is 0 Å². The summed E-state index contributed by atoms with van der Waals surface area (Å²) in [5.74, 6) is -0.106. The van der Waals surface area contributed by atoms with Crippen LogP contribution in [-0.2, 0) is 6.54 Å². The van der Waals surface area contributed by atoms with E-state index in [1.54, 1.807) is 12.1 Å². The molecule has 1 fully saturated rings. The molecule has 1 aliphatic rings.